The van der Waals surface area contributed by atoms with Crippen molar-refractivity contribution in [1.29, 1.82) is 0 Å². The lowest BCUT2D eigenvalue weighted by Gasteiger charge is -2.27. The molecule has 0 aliphatic carbocycles. The average Bonchev–Trinajstić information content (AvgIpc) is 2.94. The second-order valence-electron chi connectivity index (χ2n) is 4.54. The molecule has 0 fully saturated rings. The number of anilines is 1. The van der Waals surface area contributed by atoms with Crippen molar-refractivity contribution < 1.29 is 8.42 Å². The van der Waals surface area contributed by atoms with Gasteiger partial charge in [-0.25, -0.2) is 13.4 Å². The van der Waals surface area contributed by atoms with Crippen LogP contribution in [0.15, 0.2) is 41.6 Å². The van der Waals surface area contributed by atoms with Crippen molar-refractivity contribution in [2.24, 2.45) is 5.84 Å². The fourth-order valence-corrected chi connectivity index (χ4v) is 3.61. The zero-order valence-corrected chi connectivity index (χ0v) is 11.5. The molecule has 1 aliphatic rings. The first-order valence-electron chi connectivity index (χ1n) is 6.18. The Morgan fingerprint density at radius 1 is 1.20 bits per heavy atom. The predicted octanol–water partition coefficient (Wildman–Crippen LogP) is 0.373. The highest BCUT2D eigenvalue weighted by Gasteiger charge is 2.28. The number of aromatic nitrogens is 2. The summed E-state index contributed by atoms with van der Waals surface area (Å²) in [6.07, 6.45) is 3.55. The van der Waals surface area contributed by atoms with Crippen molar-refractivity contribution in [3.05, 3.63) is 42.5 Å². The number of fused-ring (bicyclic) bond motifs is 1. The van der Waals surface area contributed by atoms with Gasteiger partial charge in [0.05, 0.1) is 11.4 Å². The van der Waals surface area contributed by atoms with E-state index in [9.17, 15) is 8.42 Å². The summed E-state index contributed by atoms with van der Waals surface area (Å²) >= 11 is 0. The smallest absolute Gasteiger partial charge is 0.243 e. The number of nitrogen functional groups attached to an aromatic ring is 1. The van der Waals surface area contributed by atoms with E-state index in [4.69, 9.17) is 5.84 Å². The van der Waals surface area contributed by atoms with Crippen LogP contribution in [0.2, 0.25) is 0 Å². The van der Waals surface area contributed by atoms with Crippen LogP contribution in [-0.4, -0.2) is 28.8 Å². The number of rotatable bonds is 3. The Hall–Kier alpha value is -1.90. The second kappa shape index (κ2) is 4.89. The molecule has 0 bridgehead atoms. The van der Waals surface area contributed by atoms with E-state index in [1.807, 2.05) is 10.8 Å². The minimum atomic E-state index is -3.50. The lowest BCUT2D eigenvalue weighted by Crippen LogP contribution is -2.38. The summed E-state index contributed by atoms with van der Waals surface area (Å²) in [5.74, 6) is 6.04. The molecule has 3 N–H and O–H groups in total. The molecule has 7 nitrogen and oxygen atoms in total. The van der Waals surface area contributed by atoms with E-state index in [1.165, 1.54) is 4.31 Å². The van der Waals surface area contributed by atoms with E-state index < -0.39 is 10.0 Å². The number of hydrogen-bond acceptors (Lipinski definition) is 5. The molecule has 1 aromatic heterocycles. The average molecular weight is 293 g/mol. The van der Waals surface area contributed by atoms with Gasteiger partial charge in [0.1, 0.15) is 5.82 Å². The van der Waals surface area contributed by atoms with Crippen molar-refractivity contribution >= 4 is 15.7 Å². The van der Waals surface area contributed by atoms with Gasteiger partial charge in [0.25, 0.3) is 0 Å². The third-order valence-electron chi connectivity index (χ3n) is 3.37. The molecule has 1 aromatic carbocycles. The Morgan fingerprint density at radius 3 is 2.65 bits per heavy atom. The third kappa shape index (κ3) is 2.17. The SMILES string of the molecule is NNc1ccc(S(=O)(=O)N2CCn3ccnc3C2)cc1. The molecule has 8 heteroatoms. The number of sulfonamides is 1. The summed E-state index contributed by atoms with van der Waals surface area (Å²) in [4.78, 5) is 4.43. The highest BCUT2D eigenvalue weighted by Crippen LogP contribution is 2.22. The van der Waals surface area contributed by atoms with Crippen LogP contribution in [0, 0.1) is 0 Å². The Kier molecular flexibility index (Phi) is 3.20. The number of benzene rings is 1. The highest BCUT2D eigenvalue weighted by atomic mass is 32.2. The Bertz CT molecular complexity index is 708. The van der Waals surface area contributed by atoms with Crippen molar-refractivity contribution in [1.82, 2.24) is 13.9 Å². The Morgan fingerprint density at radius 2 is 1.95 bits per heavy atom. The zero-order valence-electron chi connectivity index (χ0n) is 10.7. The molecule has 106 valence electrons. The van der Waals surface area contributed by atoms with Gasteiger partial charge in [-0.05, 0) is 24.3 Å². The standard InChI is InChI=1S/C12H15N5O2S/c13-15-10-1-3-11(4-2-10)20(18,19)17-8-7-16-6-5-14-12(16)9-17/h1-6,15H,7-9,13H2. The monoisotopic (exact) mass is 293 g/mol. The highest BCUT2D eigenvalue weighted by molar-refractivity contribution is 7.89. The summed E-state index contributed by atoms with van der Waals surface area (Å²) < 4.78 is 28.5. The molecule has 20 heavy (non-hydrogen) atoms. The minimum absolute atomic E-state index is 0.261. The number of nitrogens with two attached hydrogens (primary N) is 1. The van der Waals surface area contributed by atoms with Crippen molar-refractivity contribution in [2.75, 3.05) is 12.0 Å². The van der Waals surface area contributed by atoms with E-state index >= 15 is 0 Å². The van der Waals surface area contributed by atoms with Crippen LogP contribution in [0.3, 0.4) is 0 Å². The number of nitrogens with one attached hydrogen (secondary N) is 1. The van der Waals surface area contributed by atoms with Crippen LogP contribution < -0.4 is 11.3 Å². The van der Waals surface area contributed by atoms with E-state index in [1.54, 1.807) is 30.5 Å². The fraction of sp³-hybridized carbons (Fsp3) is 0.250. The molecule has 1 aliphatic heterocycles. The van der Waals surface area contributed by atoms with Crippen LogP contribution in [0.1, 0.15) is 5.82 Å². The molecule has 0 saturated carbocycles. The van der Waals surface area contributed by atoms with Crippen molar-refractivity contribution in [3.63, 3.8) is 0 Å². The summed E-state index contributed by atoms with van der Waals surface area (Å²) in [7, 11) is -3.50. The van der Waals surface area contributed by atoms with E-state index in [0.29, 0.717) is 25.3 Å². The molecule has 2 aromatic rings. The van der Waals surface area contributed by atoms with Gasteiger partial charge in [-0.3, -0.25) is 5.84 Å². The van der Waals surface area contributed by atoms with Gasteiger partial charge in [0, 0.05) is 31.2 Å². The van der Waals surface area contributed by atoms with Crippen LogP contribution in [0.4, 0.5) is 5.69 Å². The summed E-state index contributed by atoms with van der Waals surface area (Å²) in [6, 6.07) is 6.37. The molecular weight excluding hydrogens is 278 g/mol. The molecule has 0 unspecified atom stereocenters. The largest absolute Gasteiger partial charge is 0.333 e. The topological polar surface area (TPSA) is 93.2 Å². The number of hydrazine groups is 1. The number of hydrogen-bond donors (Lipinski definition) is 2. The predicted molar refractivity (Wildman–Crippen MR) is 74.1 cm³/mol. The van der Waals surface area contributed by atoms with Gasteiger partial charge in [0.15, 0.2) is 0 Å². The first-order valence-corrected chi connectivity index (χ1v) is 7.62. The molecule has 0 atom stereocenters. The maximum Gasteiger partial charge on any atom is 0.243 e. The molecule has 0 saturated heterocycles. The molecule has 0 spiro atoms. The van der Waals surface area contributed by atoms with Gasteiger partial charge in [-0.2, -0.15) is 4.31 Å². The van der Waals surface area contributed by atoms with Crippen LogP contribution in [0.5, 0.6) is 0 Å². The summed E-state index contributed by atoms with van der Waals surface area (Å²) in [5.41, 5.74) is 3.14. The van der Waals surface area contributed by atoms with Crippen molar-refractivity contribution in [3.8, 4) is 0 Å². The normalized spacial score (nSPS) is 15.8. The van der Waals surface area contributed by atoms with E-state index in [2.05, 4.69) is 10.4 Å². The maximum absolute atomic E-state index is 12.6. The van der Waals surface area contributed by atoms with Crippen LogP contribution >= 0.6 is 0 Å². The van der Waals surface area contributed by atoms with Gasteiger partial charge in [-0.1, -0.05) is 0 Å². The van der Waals surface area contributed by atoms with Crippen molar-refractivity contribution in [2.45, 2.75) is 18.0 Å². The van der Waals surface area contributed by atoms with E-state index in [0.717, 1.165) is 5.82 Å². The molecule has 0 radical (unpaired) electrons. The van der Waals surface area contributed by atoms with Gasteiger partial charge in [0.2, 0.25) is 10.0 Å². The lowest BCUT2D eigenvalue weighted by atomic mass is 10.3. The van der Waals surface area contributed by atoms with Gasteiger partial charge < -0.3 is 9.99 Å². The Balaban J connectivity index is 1.88. The zero-order chi connectivity index (χ0) is 14.2. The molecule has 2 heterocycles. The minimum Gasteiger partial charge on any atom is -0.333 e. The lowest BCUT2D eigenvalue weighted by molar-refractivity contribution is 0.335. The van der Waals surface area contributed by atoms with E-state index in [-0.39, 0.29) is 4.90 Å². The number of imidazole rings is 1. The quantitative estimate of drug-likeness (QED) is 0.630. The fourth-order valence-electron chi connectivity index (χ4n) is 2.23. The third-order valence-corrected chi connectivity index (χ3v) is 5.23. The van der Waals surface area contributed by atoms with Gasteiger partial charge >= 0.3 is 0 Å². The Labute approximate surface area is 117 Å². The molecule has 0 amide bonds. The van der Waals surface area contributed by atoms with Gasteiger partial charge in [-0.15, -0.1) is 0 Å². The molecule has 3 rings (SSSR count). The van der Waals surface area contributed by atoms with Crippen LogP contribution in [-0.2, 0) is 23.1 Å². The molecular formula is C12H15N5O2S. The summed E-state index contributed by atoms with van der Waals surface area (Å²) in [5, 5.41) is 0. The summed E-state index contributed by atoms with van der Waals surface area (Å²) in [6.45, 7) is 1.37. The first-order chi connectivity index (χ1) is 9.61. The maximum atomic E-state index is 12.6. The number of nitrogens with zero attached hydrogens (tertiary/aromatic N) is 3. The van der Waals surface area contributed by atoms with Crippen LogP contribution in [0.25, 0.3) is 0 Å². The first kappa shape index (κ1) is 13.1. The second-order valence-corrected chi connectivity index (χ2v) is 6.48.